The number of aromatic nitrogens is 1. The number of carbonyl (C=O) groups is 2. The molecule has 1 heterocycles. The molecule has 0 saturated carbocycles. The van der Waals surface area contributed by atoms with Crippen molar-refractivity contribution < 1.29 is 9.59 Å². The Balaban J connectivity index is 2.13. The number of carbonyl (C=O) groups excluding carboxylic acids is 2. The van der Waals surface area contributed by atoms with E-state index in [2.05, 4.69) is 10.3 Å². The van der Waals surface area contributed by atoms with Crippen LogP contribution in [0.25, 0.3) is 0 Å². The highest BCUT2D eigenvalue weighted by molar-refractivity contribution is 5.98. The summed E-state index contributed by atoms with van der Waals surface area (Å²) in [6.45, 7) is 5.74. The van der Waals surface area contributed by atoms with Crippen LogP contribution in [-0.2, 0) is 6.54 Å². The number of nitrogens with one attached hydrogen (secondary N) is 1. The van der Waals surface area contributed by atoms with Crippen molar-refractivity contribution in [3.8, 4) is 0 Å². The fourth-order valence-electron chi connectivity index (χ4n) is 2.60. The van der Waals surface area contributed by atoms with Crippen LogP contribution in [0.3, 0.4) is 0 Å². The monoisotopic (exact) mass is 368 g/mol. The Labute approximate surface area is 161 Å². The van der Waals surface area contributed by atoms with Crippen LogP contribution in [0, 0.1) is 0 Å². The largest absolute Gasteiger partial charge is 0.351 e. The van der Waals surface area contributed by atoms with E-state index in [1.807, 2.05) is 63.2 Å². The average molecular weight is 368 g/mol. The zero-order valence-electron chi connectivity index (χ0n) is 16.5. The van der Waals surface area contributed by atoms with Crippen LogP contribution in [0.15, 0.2) is 48.7 Å². The smallest absolute Gasteiger partial charge is 0.272 e. The van der Waals surface area contributed by atoms with Crippen LogP contribution in [0.5, 0.6) is 0 Å². The number of hydrogen-bond acceptors (Lipinski definition) is 4. The van der Waals surface area contributed by atoms with Gasteiger partial charge in [-0.1, -0.05) is 30.3 Å². The summed E-state index contributed by atoms with van der Waals surface area (Å²) in [4.78, 5) is 33.3. The molecule has 2 amide bonds. The van der Waals surface area contributed by atoms with Gasteiger partial charge in [0.25, 0.3) is 11.8 Å². The molecule has 0 fully saturated rings. The van der Waals surface area contributed by atoms with Crippen molar-refractivity contribution in [1.82, 2.24) is 20.1 Å². The Bertz CT molecular complexity index is 760. The highest BCUT2D eigenvalue weighted by atomic mass is 16.2. The third kappa shape index (κ3) is 6.18. The van der Waals surface area contributed by atoms with Crippen molar-refractivity contribution in [1.29, 1.82) is 0 Å². The predicted molar refractivity (Wildman–Crippen MR) is 107 cm³/mol. The Kier molecular flexibility index (Phi) is 7.49. The van der Waals surface area contributed by atoms with Gasteiger partial charge in [-0.2, -0.15) is 0 Å². The summed E-state index contributed by atoms with van der Waals surface area (Å²) >= 11 is 0. The molecule has 0 bridgehead atoms. The van der Waals surface area contributed by atoms with Gasteiger partial charge in [-0.25, -0.2) is 0 Å². The molecule has 1 aromatic heterocycles. The van der Waals surface area contributed by atoms with Crippen molar-refractivity contribution in [3.05, 3.63) is 65.5 Å². The van der Waals surface area contributed by atoms with Crippen LogP contribution >= 0.6 is 0 Å². The van der Waals surface area contributed by atoms with Gasteiger partial charge >= 0.3 is 0 Å². The van der Waals surface area contributed by atoms with Crippen LogP contribution < -0.4 is 5.32 Å². The van der Waals surface area contributed by atoms with E-state index in [4.69, 9.17) is 0 Å². The molecule has 0 aliphatic carbocycles. The minimum atomic E-state index is -0.201. The average Bonchev–Trinajstić information content (AvgIpc) is 2.66. The van der Waals surface area contributed by atoms with Crippen molar-refractivity contribution in [2.45, 2.75) is 26.4 Å². The fourth-order valence-corrected chi connectivity index (χ4v) is 2.60. The quantitative estimate of drug-likeness (QED) is 0.777. The Morgan fingerprint density at radius 3 is 2.44 bits per heavy atom. The first-order valence-corrected chi connectivity index (χ1v) is 9.12. The molecule has 0 saturated heterocycles. The summed E-state index contributed by atoms with van der Waals surface area (Å²) in [6.07, 6.45) is 1.51. The van der Waals surface area contributed by atoms with Gasteiger partial charge in [-0.05, 0) is 45.6 Å². The normalized spacial score (nSPS) is 10.9. The third-order valence-corrected chi connectivity index (χ3v) is 4.17. The minimum Gasteiger partial charge on any atom is -0.351 e. The van der Waals surface area contributed by atoms with Gasteiger partial charge in [-0.15, -0.1) is 0 Å². The van der Waals surface area contributed by atoms with Gasteiger partial charge in [0.2, 0.25) is 0 Å². The molecule has 1 N–H and O–H groups in total. The minimum absolute atomic E-state index is 0.0112. The summed E-state index contributed by atoms with van der Waals surface area (Å²) in [5.74, 6) is -0.385. The number of nitrogens with zero attached hydrogens (tertiary/aromatic N) is 3. The second-order valence-corrected chi connectivity index (χ2v) is 7.00. The number of likely N-dealkylation sites (N-methyl/N-ethyl adjacent to an activating group) is 1. The van der Waals surface area contributed by atoms with Crippen molar-refractivity contribution in [3.63, 3.8) is 0 Å². The molecular weight excluding hydrogens is 340 g/mol. The first kappa shape index (κ1) is 20.6. The molecule has 144 valence electrons. The standard InChI is InChI=1S/C21H28N4O2/c1-16(2)25(15-17-8-6-5-7-9-17)21(27)19-14-18(10-11-22-19)20(26)23-12-13-24(3)4/h5-11,14,16H,12-13,15H2,1-4H3,(H,23,26). The molecule has 6 heteroatoms. The van der Waals surface area contributed by atoms with E-state index >= 15 is 0 Å². The maximum atomic E-state index is 13.0. The number of amides is 2. The van der Waals surface area contributed by atoms with Gasteiger partial charge < -0.3 is 15.1 Å². The molecular formula is C21H28N4O2. The summed E-state index contributed by atoms with van der Waals surface area (Å²) in [6, 6.07) is 13.0. The van der Waals surface area contributed by atoms with Crippen LogP contribution in [0.2, 0.25) is 0 Å². The lowest BCUT2D eigenvalue weighted by molar-refractivity contribution is 0.0684. The Morgan fingerprint density at radius 2 is 1.81 bits per heavy atom. The van der Waals surface area contributed by atoms with Gasteiger partial charge in [-0.3, -0.25) is 14.6 Å². The van der Waals surface area contributed by atoms with E-state index in [1.54, 1.807) is 17.0 Å². The van der Waals surface area contributed by atoms with Crippen molar-refractivity contribution >= 4 is 11.8 Å². The van der Waals surface area contributed by atoms with Gasteiger partial charge in [0.05, 0.1) is 0 Å². The molecule has 0 aliphatic rings. The molecule has 0 unspecified atom stereocenters. The summed E-state index contributed by atoms with van der Waals surface area (Å²) in [5.41, 5.74) is 1.77. The maximum absolute atomic E-state index is 13.0. The Hall–Kier alpha value is -2.73. The van der Waals surface area contributed by atoms with Crippen molar-refractivity contribution in [2.24, 2.45) is 0 Å². The number of benzene rings is 1. The first-order chi connectivity index (χ1) is 12.9. The molecule has 6 nitrogen and oxygen atoms in total. The molecule has 27 heavy (non-hydrogen) atoms. The number of rotatable bonds is 8. The lowest BCUT2D eigenvalue weighted by atomic mass is 10.1. The van der Waals surface area contributed by atoms with E-state index in [1.165, 1.54) is 6.20 Å². The molecule has 2 rings (SSSR count). The summed E-state index contributed by atoms with van der Waals surface area (Å²) in [5, 5.41) is 2.85. The molecule has 0 atom stereocenters. The van der Waals surface area contributed by atoms with E-state index in [9.17, 15) is 9.59 Å². The second kappa shape index (κ2) is 9.83. The molecule has 0 spiro atoms. The van der Waals surface area contributed by atoms with E-state index < -0.39 is 0 Å². The van der Waals surface area contributed by atoms with Crippen LogP contribution in [0.1, 0.15) is 40.3 Å². The lowest BCUT2D eigenvalue weighted by Gasteiger charge is -2.26. The number of pyridine rings is 1. The fraction of sp³-hybridized carbons (Fsp3) is 0.381. The van der Waals surface area contributed by atoms with Crippen LogP contribution in [0.4, 0.5) is 0 Å². The molecule has 1 aromatic carbocycles. The highest BCUT2D eigenvalue weighted by Crippen LogP contribution is 2.13. The molecule has 0 radical (unpaired) electrons. The van der Waals surface area contributed by atoms with E-state index in [0.29, 0.717) is 18.7 Å². The zero-order valence-corrected chi connectivity index (χ0v) is 16.5. The van der Waals surface area contributed by atoms with E-state index in [-0.39, 0.29) is 23.6 Å². The SMILES string of the molecule is CC(C)N(Cc1ccccc1)C(=O)c1cc(C(=O)NCCN(C)C)ccn1. The topological polar surface area (TPSA) is 65.5 Å². The van der Waals surface area contributed by atoms with Crippen LogP contribution in [-0.4, -0.2) is 59.8 Å². The number of hydrogen-bond donors (Lipinski definition) is 1. The Morgan fingerprint density at radius 1 is 1.11 bits per heavy atom. The molecule has 0 aliphatic heterocycles. The lowest BCUT2D eigenvalue weighted by Crippen LogP contribution is -2.37. The first-order valence-electron chi connectivity index (χ1n) is 9.12. The zero-order chi connectivity index (χ0) is 19.8. The van der Waals surface area contributed by atoms with Gasteiger partial charge in [0.15, 0.2) is 0 Å². The summed E-state index contributed by atoms with van der Waals surface area (Å²) in [7, 11) is 3.89. The third-order valence-electron chi connectivity index (χ3n) is 4.17. The summed E-state index contributed by atoms with van der Waals surface area (Å²) < 4.78 is 0. The highest BCUT2D eigenvalue weighted by Gasteiger charge is 2.21. The molecule has 2 aromatic rings. The van der Waals surface area contributed by atoms with Gasteiger partial charge in [0, 0.05) is 37.4 Å². The second-order valence-electron chi connectivity index (χ2n) is 7.00. The predicted octanol–water partition coefficient (Wildman–Crippen LogP) is 2.42. The van der Waals surface area contributed by atoms with Gasteiger partial charge in [0.1, 0.15) is 5.69 Å². The van der Waals surface area contributed by atoms with E-state index in [0.717, 1.165) is 12.1 Å². The maximum Gasteiger partial charge on any atom is 0.272 e. The van der Waals surface area contributed by atoms with Crippen molar-refractivity contribution in [2.75, 3.05) is 27.2 Å².